The van der Waals surface area contributed by atoms with Gasteiger partial charge in [0.05, 0.1) is 5.69 Å². The van der Waals surface area contributed by atoms with E-state index in [0.29, 0.717) is 6.54 Å². The SMILES string of the molecule is CC(C)(C)NC(=O)C[NH+]1CC[NH+](Cc2nc(-c3cccc(F)c3)cs2)CC1. The minimum Gasteiger partial charge on any atom is -0.347 e. The van der Waals surface area contributed by atoms with E-state index in [-0.39, 0.29) is 17.3 Å². The molecular weight excluding hydrogens is 363 g/mol. The summed E-state index contributed by atoms with van der Waals surface area (Å²) in [6.45, 7) is 11.5. The van der Waals surface area contributed by atoms with Crippen LogP contribution in [0.2, 0.25) is 0 Å². The maximum Gasteiger partial charge on any atom is 0.275 e. The molecule has 1 aliphatic heterocycles. The number of amides is 1. The van der Waals surface area contributed by atoms with Crippen LogP contribution in [-0.2, 0) is 11.3 Å². The lowest BCUT2D eigenvalue weighted by molar-refractivity contribution is -1.02. The first-order chi connectivity index (χ1) is 12.8. The van der Waals surface area contributed by atoms with Crippen LogP contribution in [0.25, 0.3) is 11.3 Å². The molecule has 2 heterocycles. The molecule has 1 fully saturated rings. The number of halogens is 1. The summed E-state index contributed by atoms with van der Waals surface area (Å²) in [6.07, 6.45) is 0. The van der Waals surface area contributed by atoms with Crippen molar-refractivity contribution >= 4 is 17.2 Å². The summed E-state index contributed by atoms with van der Waals surface area (Å²) in [4.78, 5) is 19.6. The number of benzene rings is 1. The molecule has 1 amide bonds. The lowest BCUT2D eigenvalue weighted by Crippen LogP contribution is -3.28. The summed E-state index contributed by atoms with van der Waals surface area (Å²) < 4.78 is 13.4. The smallest absolute Gasteiger partial charge is 0.275 e. The third kappa shape index (κ3) is 6.09. The van der Waals surface area contributed by atoms with Gasteiger partial charge in [-0.15, -0.1) is 11.3 Å². The van der Waals surface area contributed by atoms with Gasteiger partial charge in [0.1, 0.15) is 43.5 Å². The van der Waals surface area contributed by atoms with Gasteiger partial charge in [0.2, 0.25) is 0 Å². The predicted octanol–water partition coefficient (Wildman–Crippen LogP) is 0.147. The fraction of sp³-hybridized carbons (Fsp3) is 0.500. The number of hydrogen-bond acceptors (Lipinski definition) is 3. The molecule has 0 radical (unpaired) electrons. The Morgan fingerprint density at radius 3 is 2.59 bits per heavy atom. The number of thiazole rings is 1. The minimum absolute atomic E-state index is 0.126. The highest BCUT2D eigenvalue weighted by Crippen LogP contribution is 2.22. The van der Waals surface area contributed by atoms with Gasteiger partial charge in [-0.2, -0.15) is 0 Å². The van der Waals surface area contributed by atoms with E-state index in [4.69, 9.17) is 0 Å². The van der Waals surface area contributed by atoms with Crippen molar-refractivity contribution < 1.29 is 19.0 Å². The maximum absolute atomic E-state index is 13.4. The van der Waals surface area contributed by atoms with E-state index < -0.39 is 0 Å². The van der Waals surface area contributed by atoms with Gasteiger partial charge in [0.25, 0.3) is 5.91 Å². The maximum atomic E-state index is 13.4. The summed E-state index contributed by atoms with van der Waals surface area (Å²) in [5, 5.41) is 6.12. The van der Waals surface area contributed by atoms with Crippen LogP contribution in [-0.4, -0.2) is 49.2 Å². The lowest BCUT2D eigenvalue weighted by atomic mass is 10.1. The second-order valence-electron chi connectivity index (χ2n) is 8.29. The molecule has 1 saturated heterocycles. The number of hydrogen-bond donors (Lipinski definition) is 3. The fourth-order valence-corrected chi connectivity index (χ4v) is 4.26. The molecule has 0 unspecified atom stereocenters. The number of carbonyl (C=O) groups is 1. The molecule has 5 nitrogen and oxygen atoms in total. The number of piperazine rings is 1. The predicted molar refractivity (Wildman–Crippen MR) is 105 cm³/mol. The zero-order valence-electron chi connectivity index (χ0n) is 16.3. The van der Waals surface area contributed by atoms with E-state index in [1.165, 1.54) is 21.9 Å². The molecule has 1 aliphatic rings. The van der Waals surface area contributed by atoms with E-state index in [0.717, 1.165) is 49.0 Å². The molecule has 27 heavy (non-hydrogen) atoms. The molecule has 7 heteroatoms. The molecule has 146 valence electrons. The number of nitrogens with one attached hydrogen (secondary N) is 3. The average molecular weight is 393 g/mol. The molecule has 0 aliphatic carbocycles. The number of carbonyl (C=O) groups excluding carboxylic acids is 1. The second kappa shape index (κ2) is 8.46. The molecular formula is C20H29FN4OS+2. The minimum atomic E-state index is -0.234. The lowest BCUT2D eigenvalue weighted by Gasteiger charge is -2.29. The molecule has 0 spiro atoms. The van der Waals surface area contributed by atoms with Crippen molar-refractivity contribution in [2.75, 3.05) is 32.7 Å². The van der Waals surface area contributed by atoms with Crippen LogP contribution in [0.4, 0.5) is 4.39 Å². The molecule has 1 aromatic carbocycles. The highest BCUT2D eigenvalue weighted by atomic mass is 32.1. The quantitative estimate of drug-likeness (QED) is 0.678. The summed E-state index contributed by atoms with van der Waals surface area (Å²) in [6, 6.07) is 6.58. The van der Waals surface area contributed by atoms with Gasteiger partial charge in [-0.3, -0.25) is 4.79 Å². The van der Waals surface area contributed by atoms with Gasteiger partial charge < -0.3 is 15.1 Å². The van der Waals surface area contributed by atoms with Crippen molar-refractivity contribution in [2.24, 2.45) is 0 Å². The summed E-state index contributed by atoms with van der Waals surface area (Å²) >= 11 is 1.64. The van der Waals surface area contributed by atoms with Crippen molar-refractivity contribution in [1.29, 1.82) is 0 Å². The zero-order chi connectivity index (χ0) is 19.4. The second-order valence-corrected chi connectivity index (χ2v) is 9.23. The van der Waals surface area contributed by atoms with E-state index >= 15 is 0 Å². The Morgan fingerprint density at radius 1 is 1.22 bits per heavy atom. The van der Waals surface area contributed by atoms with Crippen molar-refractivity contribution in [3.63, 3.8) is 0 Å². The van der Waals surface area contributed by atoms with Gasteiger partial charge in [-0.1, -0.05) is 12.1 Å². The number of quaternary nitrogens is 2. The normalized spacial score (nSPS) is 20.4. The van der Waals surface area contributed by atoms with Gasteiger partial charge in [0.15, 0.2) is 6.54 Å². The van der Waals surface area contributed by atoms with Crippen LogP contribution in [0.3, 0.4) is 0 Å². The third-order valence-electron chi connectivity index (χ3n) is 4.66. The van der Waals surface area contributed by atoms with Crippen molar-refractivity contribution in [1.82, 2.24) is 10.3 Å². The average Bonchev–Trinajstić information content (AvgIpc) is 3.03. The number of aromatic nitrogens is 1. The Morgan fingerprint density at radius 2 is 1.93 bits per heavy atom. The summed E-state index contributed by atoms with van der Waals surface area (Å²) in [5.74, 6) is -0.108. The highest BCUT2D eigenvalue weighted by Gasteiger charge is 2.26. The molecule has 3 N–H and O–H groups in total. The first-order valence-electron chi connectivity index (χ1n) is 9.47. The molecule has 0 saturated carbocycles. The third-order valence-corrected chi connectivity index (χ3v) is 5.51. The van der Waals surface area contributed by atoms with Crippen molar-refractivity contribution in [3.05, 3.63) is 40.5 Å². The standard InChI is InChI=1S/C20H27FN4OS/c1-20(2,3)23-18(26)12-24-7-9-25(10-8-24)13-19-22-17(14-27-19)15-5-4-6-16(21)11-15/h4-6,11,14H,7-10,12-13H2,1-3H3,(H,23,26)/p+2. The van der Waals surface area contributed by atoms with Crippen LogP contribution >= 0.6 is 11.3 Å². The monoisotopic (exact) mass is 392 g/mol. The molecule has 3 rings (SSSR count). The topological polar surface area (TPSA) is 50.9 Å². The summed E-state index contributed by atoms with van der Waals surface area (Å²) in [7, 11) is 0. The van der Waals surface area contributed by atoms with E-state index in [2.05, 4.69) is 10.3 Å². The van der Waals surface area contributed by atoms with E-state index in [9.17, 15) is 9.18 Å². The first-order valence-corrected chi connectivity index (χ1v) is 10.3. The number of rotatable bonds is 5. The van der Waals surface area contributed by atoms with Crippen molar-refractivity contribution in [2.45, 2.75) is 32.9 Å². The van der Waals surface area contributed by atoms with Gasteiger partial charge >= 0.3 is 0 Å². The van der Waals surface area contributed by atoms with Gasteiger partial charge in [-0.05, 0) is 32.9 Å². The van der Waals surface area contributed by atoms with E-state index in [1.807, 2.05) is 32.2 Å². The van der Waals surface area contributed by atoms with E-state index in [1.54, 1.807) is 17.4 Å². The Labute approximate surface area is 164 Å². The van der Waals surface area contributed by atoms with Crippen molar-refractivity contribution in [3.8, 4) is 11.3 Å². The van der Waals surface area contributed by atoms with Crippen LogP contribution in [0.1, 0.15) is 25.8 Å². The summed E-state index contributed by atoms with van der Waals surface area (Å²) in [5.41, 5.74) is 1.50. The zero-order valence-corrected chi connectivity index (χ0v) is 17.1. The fourth-order valence-electron chi connectivity index (χ4n) is 3.39. The van der Waals surface area contributed by atoms with Crippen LogP contribution < -0.4 is 15.1 Å². The molecule has 0 bridgehead atoms. The highest BCUT2D eigenvalue weighted by molar-refractivity contribution is 7.09. The Kier molecular flexibility index (Phi) is 6.24. The van der Waals surface area contributed by atoms with Crippen LogP contribution in [0, 0.1) is 5.82 Å². The Bertz CT molecular complexity index is 778. The Hall–Kier alpha value is -1.83. The number of nitrogens with zero attached hydrogens (tertiary/aromatic N) is 1. The van der Waals surface area contributed by atoms with Crippen LogP contribution in [0.15, 0.2) is 29.6 Å². The largest absolute Gasteiger partial charge is 0.347 e. The molecule has 0 atom stereocenters. The van der Waals surface area contributed by atoms with Gasteiger partial charge in [-0.25, -0.2) is 9.37 Å². The Balaban J connectivity index is 1.48. The van der Waals surface area contributed by atoms with Gasteiger partial charge in [0, 0.05) is 16.5 Å². The van der Waals surface area contributed by atoms with Crippen LogP contribution in [0.5, 0.6) is 0 Å². The molecule has 1 aromatic heterocycles. The molecule has 2 aromatic rings. The first kappa shape index (κ1) is 19.9.